The third-order valence-corrected chi connectivity index (χ3v) is 4.23. The van der Waals surface area contributed by atoms with Crippen LogP contribution < -0.4 is 14.8 Å². The van der Waals surface area contributed by atoms with Crippen LogP contribution in [0.2, 0.25) is 0 Å². The minimum atomic E-state index is 0.634. The fourth-order valence-electron chi connectivity index (χ4n) is 2.34. The second kappa shape index (κ2) is 9.28. The molecule has 1 heterocycles. The van der Waals surface area contributed by atoms with Crippen molar-refractivity contribution in [3.05, 3.63) is 22.2 Å². The van der Waals surface area contributed by atoms with Crippen LogP contribution in [-0.2, 0) is 11.2 Å². The molecule has 4 nitrogen and oxygen atoms in total. The molecule has 0 bridgehead atoms. The number of methoxy groups -OCH3 is 1. The van der Waals surface area contributed by atoms with E-state index in [9.17, 15) is 0 Å². The number of halogens is 1. The molecule has 1 aliphatic heterocycles. The number of ether oxygens (including phenoxy) is 3. The maximum atomic E-state index is 5.63. The van der Waals surface area contributed by atoms with E-state index in [4.69, 9.17) is 14.2 Å². The number of rotatable bonds is 9. The standard InChI is InChI=1S/C16H24BrNO3/c1-19-8-7-18-6-4-2-3-5-13-11-15-16(12-14(13)17)21-10-9-20-15/h11-12,18H,2-10H2,1H3. The molecule has 0 saturated heterocycles. The minimum Gasteiger partial charge on any atom is -0.486 e. The molecule has 1 aromatic rings. The number of unbranched alkanes of at least 4 members (excludes halogenated alkanes) is 2. The molecule has 2 rings (SSSR count). The number of fused-ring (bicyclic) bond motifs is 1. The Bertz CT molecular complexity index is 440. The molecule has 0 unspecified atom stereocenters. The van der Waals surface area contributed by atoms with Crippen molar-refractivity contribution in [2.45, 2.75) is 25.7 Å². The normalized spacial score (nSPS) is 13.4. The highest BCUT2D eigenvalue weighted by atomic mass is 79.9. The Morgan fingerprint density at radius 1 is 1.10 bits per heavy atom. The van der Waals surface area contributed by atoms with Crippen LogP contribution in [0.1, 0.15) is 24.8 Å². The lowest BCUT2D eigenvalue weighted by molar-refractivity contribution is 0.171. The van der Waals surface area contributed by atoms with Crippen LogP contribution in [0, 0.1) is 0 Å². The van der Waals surface area contributed by atoms with E-state index in [2.05, 4.69) is 27.3 Å². The third-order valence-electron chi connectivity index (χ3n) is 3.49. The first-order chi connectivity index (χ1) is 10.3. The van der Waals surface area contributed by atoms with Gasteiger partial charge in [0.05, 0.1) is 6.61 Å². The van der Waals surface area contributed by atoms with Gasteiger partial charge in [-0.15, -0.1) is 0 Å². The summed E-state index contributed by atoms with van der Waals surface area (Å²) in [5.74, 6) is 1.72. The van der Waals surface area contributed by atoms with Crippen molar-refractivity contribution in [1.82, 2.24) is 5.32 Å². The van der Waals surface area contributed by atoms with Crippen molar-refractivity contribution in [1.29, 1.82) is 0 Å². The lowest BCUT2D eigenvalue weighted by atomic mass is 10.1. The summed E-state index contributed by atoms with van der Waals surface area (Å²) in [6.45, 7) is 4.05. The van der Waals surface area contributed by atoms with Crippen LogP contribution in [0.25, 0.3) is 0 Å². The predicted octanol–water partition coefficient (Wildman–Crippen LogP) is 3.17. The van der Waals surface area contributed by atoms with Crippen LogP contribution in [0.4, 0.5) is 0 Å². The van der Waals surface area contributed by atoms with Gasteiger partial charge in [-0.2, -0.15) is 0 Å². The Morgan fingerprint density at radius 2 is 1.86 bits per heavy atom. The summed E-state index contributed by atoms with van der Waals surface area (Å²) >= 11 is 3.62. The Balaban J connectivity index is 1.68. The Morgan fingerprint density at radius 3 is 2.62 bits per heavy atom. The summed E-state index contributed by atoms with van der Waals surface area (Å²) in [5, 5.41) is 3.37. The van der Waals surface area contributed by atoms with E-state index < -0.39 is 0 Å². The summed E-state index contributed by atoms with van der Waals surface area (Å²) in [6, 6.07) is 4.13. The molecule has 0 spiro atoms. The fraction of sp³-hybridized carbons (Fsp3) is 0.625. The number of benzene rings is 1. The summed E-state index contributed by atoms with van der Waals surface area (Å²) in [7, 11) is 1.73. The van der Waals surface area contributed by atoms with Gasteiger partial charge in [0.15, 0.2) is 11.5 Å². The molecule has 1 aromatic carbocycles. The zero-order chi connectivity index (χ0) is 14.9. The topological polar surface area (TPSA) is 39.7 Å². The predicted molar refractivity (Wildman–Crippen MR) is 87.4 cm³/mol. The van der Waals surface area contributed by atoms with Crippen LogP contribution in [-0.4, -0.2) is 40.0 Å². The molecule has 0 aromatic heterocycles. The highest BCUT2D eigenvalue weighted by molar-refractivity contribution is 9.10. The van der Waals surface area contributed by atoms with Gasteiger partial charge in [-0.25, -0.2) is 0 Å². The van der Waals surface area contributed by atoms with Crippen LogP contribution in [0.15, 0.2) is 16.6 Å². The van der Waals surface area contributed by atoms with Gasteiger partial charge in [-0.1, -0.05) is 22.4 Å². The maximum Gasteiger partial charge on any atom is 0.162 e. The van der Waals surface area contributed by atoms with Gasteiger partial charge in [0.1, 0.15) is 13.2 Å². The van der Waals surface area contributed by atoms with Crippen molar-refractivity contribution in [2.24, 2.45) is 0 Å². The van der Waals surface area contributed by atoms with E-state index in [0.29, 0.717) is 13.2 Å². The van der Waals surface area contributed by atoms with Crippen LogP contribution in [0.3, 0.4) is 0 Å². The van der Waals surface area contributed by atoms with Crippen molar-refractivity contribution in [3.8, 4) is 11.5 Å². The summed E-state index contributed by atoms with van der Waals surface area (Å²) < 4.78 is 17.3. The van der Waals surface area contributed by atoms with Gasteiger partial charge in [0.25, 0.3) is 0 Å². The third kappa shape index (κ3) is 5.49. The molecule has 0 fully saturated rings. The van der Waals surface area contributed by atoms with E-state index in [1.807, 2.05) is 6.07 Å². The SMILES string of the molecule is COCCNCCCCCc1cc2c(cc1Br)OCCO2. The molecular weight excluding hydrogens is 334 g/mol. The Labute approximate surface area is 135 Å². The molecule has 1 aliphatic rings. The summed E-state index contributed by atoms with van der Waals surface area (Å²) in [4.78, 5) is 0. The molecule has 21 heavy (non-hydrogen) atoms. The monoisotopic (exact) mass is 357 g/mol. The van der Waals surface area contributed by atoms with Gasteiger partial charge in [-0.05, 0) is 43.5 Å². The van der Waals surface area contributed by atoms with Crippen LogP contribution in [0.5, 0.6) is 11.5 Å². The lowest BCUT2D eigenvalue weighted by Gasteiger charge is -2.20. The first kappa shape index (κ1) is 16.6. The van der Waals surface area contributed by atoms with E-state index in [1.54, 1.807) is 7.11 Å². The Kier molecular flexibility index (Phi) is 7.33. The number of nitrogens with one attached hydrogen (secondary N) is 1. The van der Waals surface area contributed by atoms with Crippen molar-refractivity contribution in [3.63, 3.8) is 0 Å². The van der Waals surface area contributed by atoms with Crippen molar-refractivity contribution >= 4 is 15.9 Å². The smallest absolute Gasteiger partial charge is 0.162 e. The zero-order valence-electron chi connectivity index (χ0n) is 12.6. The van der Waals surface area contributed by atoms with E-state index in [0.717, 1.165) is 42.1 Å². The van der Waals surface area contributed by atoms with Gasteiger partial charge < -0.3 is 19.5 Å². The average molecular weight is 358 g/mol. The minimum absolute atomic E-state index is 0.634. The summed E-state index contributed by atoms with van der Waals surface area (Å²) in [6.07, 6.45) is 4.67. The quantitative estimate of drug-likeness (QED) is 0.689. The second-order valence-corrected chi connectivity index (χ2v) is 6.00. The lowest BCUT2D eigenvalue weighted by Crippen LogP contribution is -2.20. The largest absolute Gasteiger partial charge is 0.486 e. The zero-order valence-corrected chi connectivity index (χ0v) is 14.2. The van der Waals surface area contributed by atoms with Crippen molar-refractivity contribution < 1.29 is 14.2 Å². The fourth-order valence-corrected chi connectivity index (χ4v) is 2.86. The van der Waals surface area contributed by atoms with Gasteiger partial charge >= 0.3 is 0 Å². The maximum absolute atomic E-state index is 5.63. The van der Waals surface area contributed by atoms with E-state index >= 15 is 0 Å². The van der Waals surface area contributed by atoms with Gasteiger partial charge in [0.2, 0.25) is 0 Å². The van der Waals surface area contributed by atoms with Gasteiger partial charge in [-0.3, -0.25) is 0 Å². The first-order valence-corrected chi connectivity index (χ1v) is 8.38. The first-order valence-electron chi connectivity index (χ1n) is 7.59. The molecule has 0 amide bonds. The summed E-state index contributed by atoms with van der Waals surface area (Å²) in [5.41, 5.74) is 1.30. The van der Waals surface area contributed by atoms with E-state index in [-0.39, 0.29) is 0 Å². The molecule has 0 saturated carbocycles. The highest BCUT2D eigenvalue weighted by Crippen LogP contribution is 2.36. The molecular formula is C16H24BrNO3. The van der Waals surface area contributed by atoms with Crippen LogP contribution >= 0.6 is 15.9 Å². The second-order valence-electron chi connectivity index (χ2n) is 5.14. The Hall–Kier alpha value is -0.780. The molecule has 0 radical (unpaired) electrons. The molecule has 1 N–H and O–H groups in total. The van der Waals surface area contributed by atoms with E-state index in [1.165, 1.54) is 24.8 Å². The molecule has 5 heteroatoms. The molecule has 118 valence electrons. The number of hydrogen-bond donors (Lipinski definition) is 1. The highest BCUT2D eigenvalue weighted by Gasteiger charge is 2.14. The van der Waals surface area contributed by atoms with Crippen molar-refractivity contribution in [2.75, 3.05) is 40.0 Å². The number of aryl methyl sites for hydroxylation is 1. The molecule has 0 atom stereocenters. The number of hydrogen-bond acceptors (Lipinski definition) is 4. The average Bonchev–Trinajstić information content (AvgIpc) is 2.50. The molecule has 0 aliphatic carbocycles. The van der Waals surface area contributed by atoms with Gasteiger partial charge in [0, 0.05) is 18.1 Å².